The fourth-order valence-electron chi connectivity index (χ4n) is 2.66. The second-order valence-corrected chi connectivity index (χ2v) is 5.36. The van der Waals surface area contributed by atoms with Crippen molar-refractivity contribution in [2.75, 3.05) is 0 Å². The first kappa shape index (κ1) is 14.0. The van der Waals surface area contributed by atoms with E-state index in [1.165, 1.54) is 62.3 Å². The number of rotatable bonds is 8. The van der Waals surface area contributed by atoms with Gasteiger partial charge in [0.1, 0.15) is 0 Å². The highest BCUT2D eigenvalue weighted by molar-refractivity contribution is 5.81. The molecule has 0 aliphatic rings. The molecule has 0 saturated carbocycles. The molecule has 1 heteroatoms. The van der Waals surface area contributed by atoms with Gasteiger partial charge in [0.2, 0.25) is 0 Å². The van der Waals surface area contributed by atoms with E-state index < -0.39 is 0 Å². The molecule has 1 nitrogen and oxygen atoms in total. The minimum absolute atomic E-state index is 1.13. The normalized spacial score (nSPS) is 11.0. The summed E-state index contributed by atoms with van der Waals surface area (Å²) in [4.78, 5) is 4.42. The quantitative estimate of drug-likeness (QED) is 0.565. The number of aryl methyl sites for hydroxylation is 1. The summed E-state index contributed by atoms with van der Waals surface area (Å²) in [5.41, 5.74) is 2.59. The largest absolute Gasteiger partial charge is 0.256 e. The highest BCUT2D eigenvalue weighted by atomic mass is 14.6. The first-order valence-electron chi connectivity index (χ1n) is 7.74. The predicted octanol–water partition coefficient (Wildman–Crippen LogP) is 5.53. The third-order valence-electron chi connectivity index (χ3n) is 3.79. The average Bonchev–Trinajstić information content (AvgIpc) is 2.46. The number of benzene rings is 1. The summed E-state index contributed by atoms with van der Waals surface area (Å²) in [6.45, 7) is 2.27. The second-order valence-electron chi connectivity index (χ2n) is 5.36. The molecule has 0 bridgehead atoms. The number of hydrogen-bond donors (Lipinski definition) is 0. The van der Waals surface area contributed by atoms with Crippen LogP contribution in [0.5, 0.6) is 0 Å². The molecule has 0 spiro atoms. The number of pyridine rings is 1. The maximum absolute atomic E-state index is 4.42. The van der Waals surface area contributed by atoms with Gasteiger partial charge in [0.05, 0.1) is 5.52 Å². The molecule has 102 valence electrons. The Morgan fingerprint density at radius 2 is 1.63 bits per heavy atom. The molecule has 0 radical (unpaired) electrons. The van der Waals surface area contributed by atoms with Crippen LogP contribution < -0.4 is 0 Å². The average molecular weight is 255 g/mol. The predicted molar refractivity (Wildman–Crippen MR) is 83.4 cm³/mol. The van der Waals surface area contributed by atoms with Gasteiger partial charge in [-0.2, -0.15) is 0 Å². The van der Waals surface area contributed by atoms with Gasteiger partial charge in [-0.3, -0.25) is 4.98 Å². The Balaban J connectivity index is 1.78. The molecule has 0 amide bonds. The van der Waals surface area contributed by atoms with Gasteiger partial charge in [-0.25, -0.2) is 0 Å². The van der Waals surface area contributed by atoms with Crippen molar-refractivity contribution in [1.29, 1.82) is 0 Å². The molecule has 0 aliphatic carbocycles. The van der Waals surface area contributed by atoms with E-state index >= 15 is 0 Å². The smallest absolute Gasteiger partial charge is 0.0704 e. The van der Waals surface area contributed by atoms with E-state index in [0.717, 1.165) is 5.52 Å². The number of nitrogens with zero attached hydrogens (tertiary/aromatic N) is 1. The molecular weight excluding hydrogens is 230 g/mol. The second kappa shape index (κ2) is 7.93. The van der Waals surface area contributed by atoms with E-state index in [0.29, 0.717) is 0 Å². The molecule has 0 N–H and O–H groups in total. The number of aromatic nitrogens is 1. The van der Waals surface area contributed by atoms with E-state index in [-0.39, 0.29) is 0 Å². The lowest BCUT2D eigenvalue weighted by Gasteiger charge is -2.06. The van der Waals surface area contributed by atoms with Crippen LogP contribution in [-0.2, 0) is 6.42 Å². The van der Waals surface area contributed by atoms with Gasteiger partial charge >= 0.3 is 0 Å². The van der Waals surface area contributed by atoms with Crippen LogP contribution in [0.3, 0.4) is 0 Å². The van der Waals surface area contributed by atoms with Crippen molar-refractivity contribution in [2.45, 2.75) is 58.3 Å². The molecule has 0 saturated heterocycles. The SMILES string of the molecule is CCCCCCCCCc1cccc2ncccc12. The summed E-state index contributed by atoms with van der Waals surface area (Å²) in [6.07, 6.45) is 12.7. The van der Waals surface area contributed by atoms with Crippen LogP contribution in [0.4, 0.5) is 0 Å². The minimum Gasteiger partial charge on any atom is -0.256 e. The van der Waals surface area contributed by atoms with Crippen LogP contribution in [0.2, 0.25) is 0 Å². The topological polar surface area (TPSA) is 12.9 Å². The fraction of sp³-hybridized carbons (Fsp3) is 0.500. The monoisotopic (exact) mass is 255 g/mol. The highest BCUT2D eigenvalue weighted by Gasteiger charge is 2.00. The Kier molecular flexibility index (Phi) is 5.87. The van der Waals surface area contributed by atoms with Crippen LogP contribution in [0, 0.1) is 0 Å². The van der Waals surface area contributed by atoms with Crippen molar-refractivity contribution in [3.63, 3.8) is 0 Å². The molecule has 2 aromatic rings. The van der Waals surface area contributed by atoms with Crippen molar-refractivity contribution in [3.05, 3.63) is 42.1 Å². The Morgan fingerprint density at radius 1 is 0.842 bits per heavy atom. The van der Waals surface area contributed by atoms with E-state index in [4.69, 9.17) is 0 Å². The molecule has 0 aliphatic heterocycles. The summed E-state index contributed by atoms with van der Waals surface area (Å²) in [5.74, 6) is 0. The Hall–Kier alpha value is -1.37. The molecule has 1 aromatic carbocycles. The summed E-state index contributed by atoms with van der Waals surface area (Å²) in [5, 5.41) is 1.33. The molecule has 1 heterocycles. The van der Waals surface area contributed by atoms with Crippen LogP contribution >= 0.6 is 0 Å². The van der Waals surface area contributed by atoms with Gasteiger partial charge in [-0.15, -0.1) is 0 Å². The Labute approximate surface area is 117 Å². The first-order valence-corrected chi connectivity index (χ1v) is 7.74. The first-order chi connectivity index (χ1) is 9.42. The molecular formula is C18H25N. The molecule has 0 fully saturated rings. The van der Waals surface area contributed by atoms with Crippen molar-refractivity contribution in [2.24, 2.45) is 0 Å². The van der Waals surface area contributed by atoms with Gasteiger partial charge in [-0.1, -0.05) is 63.6 Å². The van der Waals surface area contributed by atoms with Gasteiger partial charge < -0.3 is 0 Å². The number of fused-ring (bicyclic) bond motifs is 1. The maximum atomic E-state index is 4.42. The summed E-state index contributed by atoms with van der Waals surface area (Å²) in [6, 6.07) is 10.7. The maximum Gasteiger partial charge on any atom is 0.0704 e. The van der Waals surface area contributed by atoms with E-state index in [9.17, 15) is 0 Å². The zero-order chi connectivity index (χ0) is 13.3. The van der Waals surface area contributed by atoms with Gasteiger partial charge in [0.25, 0.3) is 0 Å². The molecule has 0 unspecified atom stereocenters. The van der Waals surface area contributed by atoms with Gasteiger partial charge in [0.15, 0.2) is 0 Å². The van der Waals surface area contributed by atoms with Crippen LogP contribution in [0.1, 0.15) is 57.4 Å². The van der Waals surface area contributed by atoms with Gasteiger partial charge in [0, 0.05) is 11.6 Å². The lowest BCUT2D eigenvalue weighted by Crippen LogP contribution is -1.89. The number of unbranched alkanes of at least 4 members (excludes halogenated alkanes) is 6. The zero-order valence-corrected chi connectivity index (χ0v) is 12.1. The van der Waals surface area contributed by atoms with E-state index in [2.05, 4.69) is 36.2 Å². The summed E-state index contributed by atoms with van der Waals surface area (Å²) >= 11 is 0. The lowest BCUT2D eigenvalue weighted by atomic mass is 10.0. The summed E-state index contributed by atoms with van der Waals surface area (Å²) in [7, 11) is 0. The minimum atomic E-state index is 1.13. The standard InChI is InChI=1S/C18H25N/c1-2-3-4-5-6-7-8-11-16-12-9-14-18-17(16)13-10-15-19-18/h9-10,12-15H,2-8,11H2,1H3. The lowest BCUT2D eigenvalue weighted by molar-refractivity contribution is 0.590. The van der Waals surface area contributed by atoms with Crippen LogP contribution in [0.15, 0.2) is 36.5 Å². The van der Waals surface area contributed by atoms with Crippen molar-refractivity contribution < 1.29 is 0 Å². The van der Waals surface area contributed by atoms with Crippen LogP contribution in [-0.4, -0.2) is 4.98 Å². The third kappa shape index (κ3) is 4.34. The van der Waals surface area contributed by atoms with Crippen LogP contribution in [0.25, 0.3) is 10.9 Å². The Morgan fingerprint density at radius 3 is 2.47 bits per heavy atom. The number of hydrogen-bond acceptors (Lipinski definition) is 1. The van der Waals surface area contributed by atoms with Crippen molar-refractivity contribution in [3.8, 4) is 0 Å². The highest BCUT2D eigenvalue weighted by Crippen LogP contribution is 2.19. The molecule has 1 aromatic heterocycles. The third-order valence-corrected chi connectivity index (χ3v) is 3.79. The molecule has 19 heavy (non-hydrogen) atoms. The van der Waals surface area contributed by atoms with Crippen molar-refractivity contribution >= 4 is 10.9 Å². The van der Waals surface area contributed by atoms with Crippen molar-refractivity contribution in [1.82, 2.24) is 4.98 Å². The zero-order valence-electron chi connectivity index (χ0n) is 12.1. The summed E-state index contributed by atoms with van der Waals surface area (Å²) < 4.78 is 0. The molecule has 0 atom stereocenters. The van der Waals surface area contributed by atoms with Gasteiger partial charge in [-0.05, 0) is 30.5 Å². The van der Waals surface area contributed by atoms with E-state index in [1.807, 2.05) is 12.3 Å². The fourth-order valence-corrected chi connectivity index (χ4v) is 2.66. The molecule has 2 rings (SSSR count). The van der Waals surface area contributed by atoms with E-state index in [1.54, 1.807) is 0 Å². The Bertz CT molecular complexity index is 485.